The Bertz CT molecular complexity index is 392. The topological polar surface area (TPSA) is 47.6 Å². The van der Waals surface area contributed by atoms with Gasteiger partial charge in [-0.2, -0.15) is 0 Å². The first-order valence-corrected chi connectivity index (χ1v) is 7.16. The van der Waals surface area contributed by atoms with Crippen LogP contribution < -0.4 is 10.1 Å². The Morgan fingerprint density at radius 3 is 2.37 bits per heavy atom. The van der Waals surface area contributed by atoms with Gasteiger partial charge in [-0.25, -0.2) is 0 Å². The standard InChI is InChI=1S/C14H21NO3S/c1-10(2)15-13(14(16)18-4)9-19-12-7-5-11(17-3)6-8-12/h5-8,10,13,15H,9H2,1-4H3. The van der Waals surface area contributed by atoms with Gasteiger partial charge in [-0.15, -0.1) is 11.8 Å². The summed E-state index contributed by atoms with van der Waals surface area (Å²) >= 11 is 1.61. The van der Waals surface area contributed by atoms with Crippen molar-refractivity contribution in [1.82, 2.24) is 5.32 Å². The molecule has 0 fully saturated rings. The fourth-order valence-corrected chi connectivity index (χ4v) is 2.50. The summed E-state index contributed by atoms with van der Waals surface area (Å²) in [5, 5.41) is 3.20. The van der Waals surface area contributed by atoms with E-state index >= 15 is 0 Å². The van der Waals surface area contributed by atoms with Crippen molar-refractivity contribution in [1.29, 1.82) is 0 Å². The fourth-order valence-electron chi connectivity index (χ4n) is 1.58. The first kappa shape index (κ1) is 15.9. The van der Waals surface area contributed by atoms with Crippen molar-refractivity contribution in [2.45, 2.75) is 30.8 Å². The normalized spacial score (nSPS) is 12.3. The molecular formula is C14H21NO3S. The Hall–Kier alpha value is -1.20. The molecule has 1 N–H and O–H groups in total. The van der Waals surface area contributed by atoms with Crippen molar-refractivity contribution in [3.8, 4) is 5.75 Å². The van der Waals surface area contributed by atoms with Crippen LogP contribution in [0.25, 0.3) is 0 Å². The quantitative estimate of drug-likeness (QED) is 0.615. The van der Waals surface area contributed by atoms with Crippen LogP contribution in [0.5, 0.6) is 5.75 Å². The average Bonchev–Trinajstić information content (AvgIpc) is 2.42. The van der Waals surface area contributed by atoms with E-state index in [1.54, 1.807) is 18.9 Å². The van der Waals surface area contributed by atoms with Crippen LogP contribution in [0.3, 0.4) is 0 Å². The molecule has 0 radical (unpaired) electrons. The molecule has 0 saturated carbocycles. The highest BCUT2D eigenvalue weighted by Gasteiger charge is 2.19. The Morgan fingerprint density at radius 1 is 1.26 bits per heavy atom. The number of benzene rings is 1. The van der Waals surface area contributed by atoms with E-state index in [1.165, 1.54) is 7.11 Å². The highest BCUT2D eigenvalue weighted by atomic mass is 32.2. The van der Waals surface area contributed by atoms with Crippen LogP contribution in [0, 0.1) is 0 Å². The molecule has 0 spiro atoms. The molecule has 1 unspecified atom stereocenters. The van der Waals surface area contributed by atoms with Crippen LogP contribution in [0.2, 0.25) is 0 Å². The molecule has 0 aliphatic heterocycles. The zero-order chi connectivity index (χ0) is 14.3. The lowest BCUT2D eigenvalue weighted by Crippen LogP contribution is -2.43. The van der Waals surface area contributed by atoms with Crippen molar-refractivity contribution in [2.75, 3.05) is 20.0 Å². The van der Waals surface area contributed by atoms with Gasteiger partial charge in [-0.3, -0.25) is 4.79 Å². The minimum absolute atomic E-state index is 0.227. The number of carbonyl (C=O) groups is 1. The minimum atomic E-state index is -0.294. The molecule has 106 valence electrons. The molecule has 1 aromatic carbocycles. The second-order valence-electron chi connectivity index (χ2n) is 4.38. The second-order valence-corrected chi connectivity index (χ2v) is 5.48. The van der Waals surface area contributed by atoms with Crippen LogP contribution in [-0.4, -0.2) is 38.0 Å². The van der Waals surface area contributed by atoms with Crippen LogP contribution in [0.4, 0.5) is 0 Å². The molecule has 1 atom stereocenters. The third kappa shape index (κ3) is 5.53. The SMILES string of the molecule is COC(=O)C(CSc1ccc(OC)cc1)NC(C)C. The highest BCUT2D eigenvalue weighted by Crippen LogP contribution is 2.22. The third-order valence-corrected chi connectivity index (χ3v) is 3.60. The summed E-state index contributed by atoms with van der Waals surface area (Å²) in [5.41, 5.74) is 0. The molecule has 0 aliphatic rings. The van der Waals surface area contributed by atoms with Gasteiger partial charge in [0.05, 0.1) is 14.2 Å². The summed E-state index contributed by atoms with van der Waals surface area (Å²) in [5.74, 6) is 1.24. The first-order chi connectivity index (χ1) is 9.06. The molecule has 0 aromatic heterocycles. The van der Waals surface area contributed by atoms with Gasteiger partial charge in [-0.05, 0) is 24.3 Å². The lowest BCUT2D eigenvalue weighted by Gasteiger charge is -2.18. The maximum atomic E-state index is 11.7. The highest BCUT2D eigenvalue weighted by molar-refractivity contribution is 7.99. The van der Waals surface area contributed by atoms with Gasteiger partial charge in [-0.1, -0.05) is 13.8 Å². The van der Waals surface area contributed by atoms with E-state index in [4.69, 9.17) is 9.47 Å². The number of esters is 1. The molecule has 0 amide bonds. The van der Waals surface area contributed by atoms with Crippen LogP contribution in [0.1, 0.15) is 13.8 Å². The smallest absolute Gasteiger partial charge is 0.323 e. The van der Waals surface area contributed by atoms with Gasteiger partial charge < -0.3 is 14.8 Å². The lowest BCUT2D eigenvalue weighted by atomic mass is 10.3. The van der Waals surface area contributed by atoms with E-state index in [-0.39, 0.29) is 18.1 Å². The number of thioether (sulfide) groups is 1. The monoisotopic (exact) mass is 283 g/mol. The molecular weight excluding hydrogens is 262 g/mol. The first-order valence-electron chi connectivity index (χ1n) is 6.17. The molecule has 1 aromatic rings. The predicted octanol–water partition coefficient (Wildman–Crippen LogP) is 2.33. The number of nitrogens with one attached hydrogen (secondary N) is 1. The van der Waals surface area contributed by atoms with Gasteiger partial charge >= 0.3 is 5.97 Å². The number of rotatable bonds is 7. The second kappa shape index (κ2) is 8.07. The summed E-state index contributed by atoms with van der Waals surface area (Å²) in [6, 6.07) is 7.72. The Kier molecular flexibility index (Phi) is 6.73. The van der Waals surface area contributed by atoms with Crippen LogP contribution in [-0.2, 0) is 9.53 Å². The summed E-state index contributed by atoms with van der Waals surface area (Å²) < 4.78 is 9.91. The predicted molar refractivity (Wildman–Crippen MR) is 77.8 cm³/mol. The molecule has 0 saturated heterocycles. The number of hydrogen-bond acceptors (Lipinski definition) is 5. The lowest BCUT2D eigenvalue weighted by molar-refractivity contribution is -0.142. The number of methoxy groups -OCH3 is 2. The van der Waals surface area contributed by atoms with Crippen molar-refractivity contribution in [3.05, 3.63) is 24.3 Å². The maximum absolute atomic E-state index is 11.7. The van der Waals surface area contributed by atoms with E-state index in [9.17, 15) is 4.79 Å². The number of hydrogen-bond donors (Lipinski definition) is 1. The van der Waals surface area contributed by atoms with E-state index in [2.05, 4.69) is 5.32 Å². The molecule has 0 bridgehead atoms. The molecule has 0 aliphatic carbocycles. The molecule has 4 nitrogen and oxygen atoms in total. The third-order valence-electron chi connectivity index (χ3n) is 2.50. The summed E-state index contributed by atoms with van der Waals surface area (Å²) in [6.07, 6.45) is 0. The Balaban J connectivity index is 2.56. The molecule has 19 heavy (non-hydrogen) atoms. The van der Waals surface area contributed by atoms with E-state index in [1.807, 2.05) is 38.1 Å². The summed E-state index contributed by atoms with van der Waals surface area (Å²) in [6.45, 7) is 4.02. The Labute approximate surface area is 118 Å². The average molecular weight is 283 g/mol. The van der Waals surface area contributed by atoms with Gasteiger partial charge in [0.15, 0.2) is 0 Å². The largest absolute Gasteiger partial charge is 0.497 e. The summed E-state index contributed by atoms with van der Waals surface area (Å²) in [7, 11) is 3.05. The van der Waals surface area contributed by atoms with Crippen molar-refractivity contribution >= 4 is 17.7 Å². The molecule has 0 heterocycles. The molecule has 5 heteroatoms. The van der Waals surface area contributed by atoms with Gasteiger partial charge in [0.1, 0.15) is 11.8 Å². The van der Waals surface area contributed by atoms with Crippen LogP contribution in [0.15, 0.2) is 29.2 Å². The maximum Gasteiger partial charge on any atom is 0.323 e. The van der Waals surface area contributed by atoms with Crippen LogP contribution >= 0.6 is 11.8 Å². The van der Waals surface area contributed by atoms with Crippen molar-refractivity contribution in [3.63, 3.8) is 0 Å². The summed E-state index contributed by atoms with van der Waals surface area (Å²) in [4.78, 5) is 12.7. The van der Waals surface area contributed by atoms with Crippen molar-refractivity contribution in [2.24, 2.45) is 0 Å². The van der Waals surface area contributed by atoms with E-state index in [0.29, 0.717) is 5.75 Å². The van der Waals surface area contributed by atoms with Gasteiger partial charge in [0.2, 0.25) is 0 Å². The van der Waals surface area contributed by atoms with Crippen molar-refractivity contribution < 1.29 is 14.3 Å². The fraction of sp³-hybridized carbons (Fsp3) is 0.500. The zero-order valence-electron chi connectivity index (χ0n) is 11.8. The van der Waals surface area contributed by atoms with E-state index < -0.39 is 0 Å². The zero-order valence-corrected chi connectivity index (χ0v) is 12.6. The van der Waals surface area contributed by atoms with Gasteiger partial charge in [0.25, 0.3) is 0 Å². The minimum Gasteiger partial charge on any atom is -0.497 e. The number of ether oxygens (including phenoxy) is 2. The Morgan fingerprint density at radius 2 is 1.89 bits per heavy atom. The van der Waals surface area contributed by atoms with E-state index in [0.717, 1.165) is 10.6 Å². The number of carbonyl (C=O) groups excluding carboxylic acids is 1. The van der Waals surface area contributed by atoms with Gasteiger partial charge in [0, 0.05) is 16.7 Å². The molecule has 1 rings (SSSR count).